The van der Waals surface area contributed by atoms with Crippen LogP contribution in [-0.2, 0) is 5.41 Å². The van der Waals surface area contributed by atoms with Gasteiger partial charge in [0.05, 0.1) is 0 Å². The first-order chi connectivity index (χ1) is 8.00. The molecule has 0 saturated carbocycles. The lowest BCUT2D eigenvalue weighted by atomic mass is 9.79. The van der Waals surface area contributed by atoms with E-state index >= 15 is 0 Å². The lowest BCUT2D eigenvalue weighted by Crippen LogP contribution is -2.17. The van der Waals surface area contributed by atoms with E-state index in [1.54, 1.807) is 6.08 Å². The summed E-state index contributed by atoms with van der Waals surface area (Å²) in [5.74, 6) is 2.58. The molecule has 1 aromatic carbocycles. The fraction of sp³-hybridized carbons (Fsp3) is 0.294. The number of fused-ring (bicyclic) bond motifs is 1. The van der Waals surface area contributed by atoms with Crippen molar-refractivity contribution < 1.29 is 0 Å². The highest BCUT2D eigenvalue weighted by Crippen LogP contribution is 2.47. The highest BCUT2D eigenvalue weighted by atomic mass is 14.4. The molecule has 0 unspecified atom stereocenters. The van der Waals surface area contributed by atoms with Crippen molar-refractivity contribution in [2.24, 2.45) is 0 Å². The highest BCUT2D eigenvalue weighted by molar-refractivity contribution is 5.82. The molecular formula is C17H18. The number of aryl methyl sites for hydroxylation is 1. The van der Waals surface area contributed by atoms with Gasteiger partial charge in [0.15, 0.2) is 0 Å². The molecule has 0 N–H and O–H groups in total. The molecule has 0 heterocycles. The van der Waals surface area contributed by atoms with Crippen LogP contribution in [0.4, 0.5) is 0 Å². The molecule has 0 radical (unpaired) electrons. The van der Waals surface area contributed by atoms with Gasteiger partial charge in [0.2, 0.25) is 0 Å². The molecule has 0 fully saturated rings. The third kappa shape index (κ3) is 1.63. The highest BCUT2D eigenvalue weighted by Gasteiger charge is 2.35. The SMILES string of the molecule is C#CC=CC1=C(C)c2cccc(C)c2C1(C)C. The van der Waals surface area contributed by atoms with Crippen LogP contribution in [0.15, 0.2) is 35.9 Å². The number of rotatable bonds is 1. The lowest BCUT2D eigenvalue weighted by molar-refractivity contribution is 0.649. The van der Waals surface area contributed by atoms with E-state index in [9.17, 15) is 0 Å². The largest absolute Gasteiger partial charge is 0.115 e. The number of allylic oxidation sites excluding steroid dienone is 4. The quantitative estimate of drug-likeness (QED) is 0.623. The van der Waals surface area contributed by atoms with Gasteiger partial charge in [-0.2, -0.15) is 0 Å². The van der Waals surface area contributed by atoms with Crippen LogP contribution in [0.2, 0.25) is 0 Å². The van der Waals surface area contributed by atoms with Crippen LogP contribution in [0, 0.1) is 19.3 Å². The molecule has 0 atom stereocenters. The van der Waals surface area contributed by atoms with Crippen LogP contribution in [0.1, 0.15) is 37.5 Å². The number of hydrogen-bond donors (Lipinski definition) is 0. The van der Waals surface area contributed by atoms with E-state index in [0.29, 0.717) is 0 Å². The molecule has 0 heteroatoms. The maximum Gasteiger partial charge on any atom is 0.0158 e. The Morgan fingerprint density at radius 1 is 1.24 bits per heavy atom. The maximum absolute atomic E-state index is 5.32. The summed E-state index contributed by atoms with van der Waals surface area (Å²) < 4.78 is 0. The summed E-state index contributed by atoms with van der Waals surface area (Å²) in [6.07, 6.45) is 9.19. The Morgan fingerprint density at radius 3 is 2.53 bits per heavy atom. The Kier molecular flexibility index (Phi) is 2.71. The van der Waals surface area contributed by atoms with Crippen molar-refractivity contribution in [2.45, 2.75) is 33.1 Å². The van der Waals surface area contributed by atoms with E-state index in [4.69, 9.17) is 6.42 Å². The van der Waals surface area contributed by atoms with Crippen LogP contribution in [0.3, 0.4) is 0 Å². The third-order valence-corrected chi connectivity index (χ3v) is 3.73. The predicted octanol–water partition coefficient (Wildman–Crippen LogP) is 4.25. The van der Waals surface area contributed by atoms with Crippen molar-refractivity contribution in [1.82, 2.24) is 0 Å². The summed E-state index contributed by atoms with van der Waals surface area (Å²) in [4.78, 5) is 0. The zero-order valence-electron chi connectivity index (χ0n) is 11.0. The van der Waals surface area contributed by atoms with Gasteiger partial charge in [0.25, 0.3) is 0 Å². The summed E-state index contributed by atoms with van der Waals surface area (Å²) in [6, 6.07) is 6.51. The molecule has 17 heavy (non-hydrogen) atoms. The molecule has 2 rings (SSSR count). The van der Waals surface area contributed by atoms with Crippen LogP contribution < -0.4 is 0 Å². The van der Waals surface area contributed by atoms with Gasteiger partial charge in [-0.15, -0.1) is 6.42 Å². The molecule has 0 amide bonds. The average Bonchev–Trinajstić information content (AvgIpc) is 2.46. The van der Waals surface area contributed by atoms with Gasteiger partial charge in [-0.05, 0) is 53.8 Å². The van der Waals surface area contributed by atoms with E-state index in [0.717, 1.165) is 0 Å². The molecule has 0 spiro atoms. The molecule has 0 saturated heterocycles. The van der Waals surface area contributed by atoms with Crippen LogP contribution in [0.5, 0.6) is 0 Å². The number of hydrogen-bond acceptors (Lipinski definition) is 0. The molecular weight excluding hydrogens is 204 g/mol. The summed E-state index contributed by atoms with van der Waals surface area (Å²) in [7, 11) is 0. The monoisotopic (exact) mass is 222 g/mol. The first-order valence-corrected chi connectivity index (χ1v) is 5.94. The zero-order chi connectivity index (χ0) is 12.6. The molecule has 1 aliphatic rings. The van der Waals surface area contributed by atoms with Crippen molar-refractivity contribution in [2.75, 3.05) is 0 Å². The Bertz CT molecular complexity index is 560. The minimum absolute atomic E-state index is 0.0537. The van der Waals surface area contributed by atoms with Crippen molar-refractivity contribution >= 4 is 5.57 Å². The minimum atomic E-state index is 0.0537. The lowest BCUT2D eigenvalue weighted by Gasteiger charge is -2.24. The van der Waals surface area contributed by atoms with Crippen LogP contribution in [0.25, 0.3) is 5.57 Å². The summed E-state index contributed by atoms with van der Waals surface area (Å²) in [5, 5.41) is 0. The van der Waals surface area contributed by atoms with Gasteiger partial charge < -0.3 is 0 Å². The van der Waals surface area contributed by atoms with Crippen molar-refractivity contribution in [3.63, 3.8) is 0 Å². The second-order valence-electron chi connectivity index (χ2n) is 5.16. The van der Waals surface area contributed by atoms with E-state index in [2.05, 4.69) is 57.9 Å². The molecule has 1 aliphatic carbocycles. The van der Waals surface area contributed by atoms with E-state index in [1.165, 1.54) is 27.8 Å². The smallest absolute Gasteiger partial charge is 0.0158 e. The first kappa shape index (κ1) is 11.7. The Labute approximate surface area is 104 Å². The minimum Gasteiger partial charge on any atom is -0.115 e. The van der Waals surface area contributed by atoms with Crippen molar-refractivity contribution in [1.29, 1.82) is 0 Å². The fourth-order valence-corrected chi connectivity index (χ4v) is 3.02. The van der Waals surface area contributed by atoms with Gasteiger partial charge >= 0.3 is 0 Å². The number of benzene rings is 1. The van der Waals surface area contributed by atoms with E-state index in [-0.39, 0.29) is 5.41 Å². The second kappa shape index (κ2) is 3.93. The Balaban J connectivity index is 2.69. The molecule has 0 nitrogen and oxygen atoms in total. The molecule has 0 bridgehead atoms. The van der Waals surface area contributed by atoms with Crippen LogP contribution in [-0.4, -0.2) is 0 Å². The average molecular weight is 222 g/mol. The molecule has 86 valence electrons. The Hall–Kier alpha value is -1.74. The van der Waals surface area contributed by atoms with Crippen LogP contribution >= 0.6 is 0 Å². The topological polar surface area (TPSA) is 0 Å². The van der Waals surface area contributed by atoms with Crippen molar-refractivity contribution in [3.8, 4) is 12.3 Å². The molecule has 0 aromatic heterocycles. The van der Waals surface area contributed by atoms with Gasteiger partial charge in [-0.25, -0.2) is 0 Å². The standard InChI is InChI=1S/C17H18/c1-6-7-11-15-13(3)14-10-8-9-12(2)16(14)17(15,4)5/h1,7-11H,2-5H3. The zero-order valence-corrected chi connectivity index (χ0v) is 11.0. The van der Waals surface area contributed by atoms with E-state index in [1.807, 2.05) is 0 Å². The fourth-order valence-electron chi connectivity index (χ4n) is 3.02. The summed E-state index contributed by atoms with van der Waals surface area (Å²) >= 11 is 0. The number of terminal acetylenes is 1. The van der Waals surface area contributed by atoms with Gasteiger partial charge in [-0.1, -0.05) is 38.0 Å². The normalized spacial score (nSPS) is 17.4. The summed E-state index contributed by atoms with van der Waals surface area (Å²) in [5.41, 5.74) is 6.90. The Morgan fingerprint density at radius 2 is 1.94 bits per heavy atom. The van der Waals surface area contributed by atoms with Gasteiger partial charge in [0, 0.05) is 5.41 Å². The molecule has 1 aromatic rings. The van der Waals surface area contributed by atoms with Gasteiger partial charge in [-0.3, -0.25) is 0 Å². The maximum atomic E-state index is 5.32. The molecule has 0 aliphatic heterocycles. The van der Waals surface area contributed by atoms with Crippen molar-refractivity contribution in [3.05, 3.63) is 52.6 Å². The van der Waals surface area contributed by atoms with E-state index < -0.39 is 0 Å². The second-order valence-corrected chi connectivity index (χ2v) is 5.16. The van der Waals surface area contributed by atoms with Gasteiger partial charge in [0.1, 0.15) is 0 Å². The third-order valence-electron chi connectivity index (χ3n) is 3.73. The first-order valence-electron chi connectivity index (χ1n) is 5.94. The predicted molar refractivity (Wildman–Crippen MR) is 74.8 cm³/mol. The summed E-state index contributed by atoms with van der Waals surface area (Å²) in [6.45, 7) is 8.90.